The fourth-order valence-electron chi connectivity index (χ4n) is 3.51. The number of fused-ring (bicyclic) bond motifs is 1. The Morgan fingerprint density at radius 2 is 1.89 bits per heavy atom. The van der Waals surface area contributed by atoms with E-state index in [-0.39, 0.29) is 6.61 Å². The number of β-amino-alcohol motifs (C(OH)–C–C–N with tert-alkyl or cyclic N) is 1. The number of aromatic nitrogens is 4. The van der Waals surface area contributed by atoms with Gasteiger partial charge in [-0.05, 0) is 12.8 Å². The number of aliphatic hydroxyl groups is 1. The Hall–Kier alpha value is -1.84. The maximum atomic E-state index is 12.3. The maximum Gasteiger partial charge on any atom is 0.227 e. The highest BCUT2D eigenvalue weighted by atomic mass is 35.5. The lowest BCUT2D eigenvalue weighted by Gasteiger charge is -2.33. The summed E-state index contributed by atoms with van der Waals surface area (Å²) in [5.41, 5.74) is 0. The summed E-state index contributed by atoms with van der Waals surface area (Å²) in [6.07, 6.45) is 6.77. The Morgan fingerprint density at radius 1 is 1.15 bits per heavy atom. The molecule has 2 aromatic heterocycles. The van der Waals surface area contributed by atoms with Crippen molar-refractivity contribution < 1.29 is 9.32 Å². The molecule has 27 heavy (non-hydrogen) atoms. The number of aliphatic hydroxyl groups excluding tert-OH is 1. The highest BCUT2D eigenvalue weighted by molar-refractivity contribution is 7.85. The molecule has 0 saturated carbocycles. The quantitative estimate of drug-likeness (QED) is 0.806. The van der Waals surface area contributed by atoms with Crippen LogP contribution in [0.25, 0.3) is 0 Å². The van der Waals surface area contributed by atoms with Crippen LogP contribution in [0.1, 0.15) is 24.6 Å². The molecule has 0 aliphatic carbocycles. The van der Waals surface area contributed by atoms with E-state index in [0.29, 0.717) is 46.4 Å². The predicted octanol–water partition coefficient (Wildman–Crippen LogP) is 1.22. The number of halogens is 1. The Balaban J connectivity index is 1.49. The van der Waals surface area contributed by atoms with Crippen molar-refractivity contribution in [1.82, 2.24) is 19.9 Å². The smallest absolute Gasteiger partial charge is 0.227 e. The average molecular weight is 409 g/mol. The van der Waals surface area contributed by atoms with Crippen LogP contribution in [0.15, 0.2) is 23.5 Å². The minimum atomic E-state index is -1.08. The van der Waals surface area contributed by atoms with E-state index in [9.17, 15) is 9.32 Å². The molecule has 2 aliphatic rings. The Morgan fingerprint density at radius 3 is 2.59 bits per heavy atom. The van der Waals surface area contributed by atoms with E-state index < -0.39 is 10.8 Å². The molecule has 0 aromatic carbocycles. The monoisotopic (exact) mass is 408 g/mol. The molecule has 1 N–H and O–H groups in total. The highest BCUT2D eigenvalue weighted by Gasteiger charge is 2.28. The van der Waals surface area contributed by atoms with Gasteiger partial charge in [0.15, 0.2) is 5.82 Å². The van der Waals surface area contributed by atoms with Gasteiger partial charge in [0.2, 0.25) is 5.95 Å². The van der Waals surface area contributed by atoms with Gasteiger partial charge in [-0.2, -0.15) is 4.98 Å². The number of rotatable bonds is 4. The second-order valence-corrected chi connectivity index (χ2v) is 8.61. The molecular formula is C17H21ClN6O2S. The van der Waals surface area contributed by atoms with Gasteiger partial charge in [-0.15, -0.1) is 0 Å². The van der Waals surface area contributed by atoms with Crippen LogP contribution in [0, 0.1) is 0 Å². The zero-order chi connectivity index (χ0) is 18.8. The van der Waals surface area contributed by atoms with Crippen molar-refractivity contribution in [3.05, 3.63) is 29.4 Å². The molecule has 0 unspecified atom stereocenters. The van der Waals surface area contributed by atoms with Gasteiger partial charge >= 0.3 is 0 Å². The summed E-state index contributed by atoms with van der Waals surface area (Å²) in [5, 5.41) is 9.84. The molecule has 0 radical (unpaired) electrons. The van der Waals surface area contributed by atoms with Gasteiger partial charge in [0.25, 0.3) is 0 Å². The van der Waals surface area contributed by atoms with Crippen LogP contribution >= 0.6 is 11.6 Å². The van der Waals surface area contributed by atoms with Gasteiger partial charge in [-0.1, -0.05) is 11.6 Å². The van der Waals surface area contributed by atoms with Gasteiger partial charge in [-0.25, -0.2) is 15.0 Å². The number of nitrogens with zero attached hydrogens (tertiary/aromatic N) is 6. The molecule has 1 atom stereocenters. The standard InChI is InChI=1S/C17H21ClN6O2S/c18-13-9-19-15(20-10-13)12-1-3-24(4-2-12)17-21-11-14-16(22-17)23(5-7-25)6-8-27(14)26/h9-12,25H,1-8H2/t27-/m1/s1. The van der Waals surface area contributed by atoms with Gasteiger partial charge in [-0.3, -0.25) is 4.21 Å². The van der Waals surface area contributed by atoms with Crippen molar-refractivity contribution >= 4 is 34.2 Å². The van der Waals surface area contributed by atoms with Crippen molar-refractivity contribution in [2.45, 2.75) is 23.7 Å². The number of anilines is 2. The zero-order valence-corrected chi connectivity index (χ0v) is 16.4. The van der Waals surface area contributed by atoms with E-state index >= 15 is 0 Å². The Labute approximate surface area is 165 Å². The number of hydrogen-bond donors (Lipinski definition) is 1. The van der Waals surface area contributed by atoms with Crippen LogP contribution in [0.3, 0.4) is 0 Å². The van der Waals surface area contributed by atoms with Crippen LogP contribution in [-0.4, -0.2) is 67.8 Å². The minimum absolute atomic E-state index is 0.0396. The van der Waals surface area contributed by atoms with Crippen molar-refractivity contribution in [2.75, 3.05) is 48.3 Å². The molecule has 1 fully saturated rings. The van der Waals surface area contributed by atoms with Gasteiger partial charge in [0, 0.05) is 50.2 Å². The first-order valence-electron chi connectivity index (χ1n) is 8.99. The molecule has 0 bridgehead atoms. The Bertz CT molecular complexity index is 829. The van der Waals surface area contributed by atoms with E-state index in [0.717, 1.165) is 31.8 Å². The first kappa shape index (κ1) is 18.5. The normalized spacial score (nSPS) is 20.6. The lowest BCUT2D eigenvalue weighted by molar-refractivity contribution is 0.301. The van der Waals surface area contributed by atoms with E-state index in [4.69, 9.17) is 11.6 Å². The summed E-state index contributed by atoms with van der Waals surface area (Å²) >= 11 is 5.87. The first-order valence-corrected chi connectivity index (χ1v) is 10.7. The van der Waals surface area contributed by atoms with Crippen molar-refractivity contribution in [3.63, 3.8) is 0 Å². The van der Waals surface area contributed by atoms with Gasteiger partial charge < -0.3 is 14.9 Å². The lowest BCUT2D eigenvalue weighted by Crippen LogP contribution is -2.38. The molecular weight excluding hydrogens is 388 g/mol. The predicted molar refractivity (Wildman–Crippen MR) is 104 cm³/mol. The fourth-order valence-corrected chi connectivity index (χ4v) is 4.76. The maximum absolute atomic E-state index is 12.3. The molecule has 4 heterocycles. The lowest BCUT2D eigenvalue weighted by atomic mass is 9.96. The van der Waals surface area contributed by atoms with Crippen LogP contribution in [0.4, 0.5) is 11.8 Å². The van der Waals surface area contributed by atoms with Gasteiger partial charge in [0.1, 0.15) is 5.82 Å². The van der Waals surface area contributed by atoms with Crippen molar-refractivity contribution in [3.8, 4) is 0 Å². The van der Waals surface area contributed by atoms with Gasteiger partial charge in [0.05, 0.1) is 33.5 Å². The first-order chi connectivity index (χ1) is 13.2. The van der Waals surface area contributed by atoms with E-state index in [2.05, 4.69) is 24.8 Å². The molecule has 10 heteroatoms. The molecule has 144 valence electrons. The minimum Gasteiger partial charge on any atom is -0.395 e. The molecule has 2 aromatic rings. The van der Waals surface area contributed by atoms with Crippen LogP contribution < -0.4 is 9.80 Å². The molecule has 4 rings (SSSR count). The Kier molecular flexibility index (Phi) is 5.51. The summed E-state index contributed by atoms with van der Waals surface area (Å²) in [4.78, 5) is 22.6. The summed E-state index contributed by atoms with van der Waals surface area (Å²) in [6.45, 7) is 2.76. The third kappa shape index (κ3) is 3.90. The summed E-state index contributed by atoms with van der Waals surface area (Å²) in [5.74, 6) is 3.00. The molecule has 1 saturated heterocycles. The van der Waals surface area contributed by atoms with Crippen LogP contribution in [0.2, 0.25) is 5.02 Å². The average Bonchev–Trinajstić information content (AvgIpc) is 2.71. The topological polar surface area (TPSA) is 95.3 Å². The fraction of sp³-hybridized carbons (Fsp3) is 0.529. The zero-order valence-electron chi connectivity index (χ0n) is 14.8. The second kappa shape index (κ2) is 8.04. The molecule has 2 aliphatic heterocycles. The number of piperidine rings is 1. The third-order valence-electron chi connectivity index (χ3n) is 4.97. The number of hydrogen-bond acceptors (Lipinski definition) is 8. The summed E-state index contributed by atoms with van der Waals surface area (Å²) < 4.78 is 12.3. The SMILES string of the molecule is O=[S@@]1CCN(CCO)c2nc(N3CCC(c4ncc(Cl)cn4)CC3)ncc21. The van der Waals surface area contributed by atoms with Crippen LogP contribution in [-0.2, 0) is 10.8 Å². The molecule has 0 amide bonds. The summed E-state index contributed by atoms with van der Waals surface area (Å²) in [6, 6.07) is 0. The third-order valence-corrected chi connectivity index (χ3v) is 6.50. The molecule has 8 nitrogen and oxygen atoms in total. The van der Waals surface area contributed by atoms with E-state index in [1.54, 1.807) is 18.6 Å². The highest BCUT2D eigenvalue weighted by Crippen LogP contribution is 2.31. The van der Waals surface area contributed by atoms with E-state index in [1.165, 1.54) is 0 Å². The second-order valence-electron chi connectivity index (χ2n) is 6.64. The van der Waals surface area contributed by atoms with Crippen molar-refractivity contribution in [2.24, 2.45) is 0 Å². The largest absolute Gasteiger partial charge is 0.395 e. The van der Waals surface area contributed by atoms with Crippen LogP contribution in [0.5, 0.6) is 0 Å². The van der Waals surface area contributed by atoms with Crippen molar-refractivity contribution in [1.29, 1.82) is 0 Å². The summed E-state index contributed by atoms with van der Waals surface area (Å²) in [7, 11) is -1.08. The van der Waals surface area contributed by atoms with E-state index in [1.807, 2.05) is 4.90 Å². The molecule has 0 spiro atoms.